The molecule has 0 saturated carbocycles. The van der Waals surface area contributed by atoms with Crippen molar-refractivity contribution < 1.29 is 4.39 Å². The van der Waals surface area contributed by atoms with Crippen molar-refractivity contribution in [2.75, 3.05) is 26.7 Å². The zero-order valence-corrected chi connectivity index (χ0v) is 13.2. The molecule has 106 valence electrons. The second-order valence-electron chi connectivity index (χ2n) is 5.38. The number of rotatable bonds is 4. The van der Waals surface area contributed by atoms with Crippen LogP contribution in [-0.2, 0) is 0 Å². The molecule has 4 heteroatoms. The highest BCUT2D eigenvalue weighted by atomic mass is 79.9. The van der Waals surface area contributed by atoms with Gasteiger partial charge in [-0.05, 0) is 64.5 Å². The van der Waals surface area contributed by atoms with Crippen molar-refractivity contribution in [3.05, 3.63) is 34.1 Å². The molecule has 1 saturated heterocycles. The molecule has 2 rings (SSSR count). The van der Waals surface area contributed by atoms with Gasteiger partial charge in [0.15, 0.2) is 0 Å². The third-order valence-electron chi connectivity index (χ3n) is 4.10. The summed E-state index contributed by atoms with van der Waals surface area (Å²) in [5.74, 6) is 0.655. The van der Waals surface area contributed by atoms with Crippen LogP contribution >= 0.6 is 15.9 Å². The van der Waals surface area contributed by atoms with Crippen LogP contribution in [0.4, 0.5) is 4.39 Å². The molecule has 1 aromatic carbocycles. The van der Waals surface area contributed by atoms with E-state index in [9.17, 15) is 4.39 Å². The normalized spacial score (nSPS) is 19.6. The maximum absolute atomic E-state index is 14.0. The van der Waals surface area contributed by atoms with Gasteiger partial charge in [-0.15, -0.1) is 0 Å². The summed E-state index contributed by atoms with van der Waals surface area (Å²) in [6.45, 7) is 5.31. The monoisotopic (exact) mass is 328 g/mol. The molecule has 1 atom stereocenters. The molecule has 1 heterocycles. The van der Waals surface area contributed by atoms with E-state index >= 15 is 0 Å². The van der Waals surface area contributed by atoms with E-state index in [-0.39, 0.29) is 11.9 Å². The molecule has 0 amide bonds. The zero-order valence-electron chi connectivity index (χ0n) is 11.6. The number of likely N-dealkylation sites (tertiary alicyclic amines) is 1. The summed E-state index contributed by atoms with van der Waals surface area (Å²) in [7, 11) is 2.01. The van der Waals surface area contributed by atoms with Crippen molar-refractivity contribution in [2.24, 2.45) is 5.92 Å². The second kappa shape index (κ2) is 6.82. The highest BCUT2D eigenvalue weighted by Gasteiger charge is 2.24. The van der Waals surface area contributed by atoms with Gasteiger partial charge in [0, 0.05) is 16.1 Å². The average Bonchev–Trinajstić information content (AvgIpc) is 2.39. The van der Waals surface area contributed by atoms with E-state index in [0.717, 1.165) is 35.6 Å². The van der Waals surface area contributed by atoms with Crippen molar-refractivity contribution in [1.82, 2.24) is 10.2 Å². The number of benzene rings is 1. The minimum Gasteiger partial charge on any atom is -0.319 e. The number of halogens is 2. The first kappa shape index (κ1) is 14.9. The lowest BCUT2D eigenvalue weighted by molar-refractivity contribution is 0.139. The van der Waals surface area contributed by atoms with Gasteiger partial charge in [-0.3, -0.25) is 4.90 Å². The summed E-state index contributed by atoms with van der Waals surface area (Å²) in [5.41, 5.74) is 0.801. The number of hydrogen-bond donors (Lipinski definition) is 1. The van der Waals surface area contributed by atoms with E-state index < -0.39 is 0 Å². The van der Waals surface area contributed by atoms with Crippen LogP contribution in [-0.4, -0.2) is 31.6 Å². The van der Waals surface area contributed by atoms with Gasteiger partial charge >= 0.3 is 0 Å². The summed E-state index contributed by atoms with van der Waals surface area (Å²) in [6.07, 6.45) is 2.40. The van der Waals surface area contributed by atoms with Gasteiger partial charge in [-0.1, -0.05) is 22.0 Å². The van der Waals surface area contributed by atoms with Gasteiger partial charge in [0.2, 0.25) is 0 Å². The lowest BCUT2D eigenvalue weighted by atomic mass is 9.94. The summed E-state index contributed by atoms with van der Waals surface area (Å²) >= 11 is 3.31. The highest BCUT2D eigenvalue weighted by molar-refractivity contribution is 9.10. The fraction of sp³-hybridized carbons (Fsp3) is 0.600. The molecule has 1 aliphatic heterocycles. The zero-order chi connectivity index (χ0) is 13.8. The van der Waals surface area contributed by atoms with E-state index in [1.165, 1.54) is 12.8 Å². The first-order chi connectivity index (χ1) is 9.11. The largest absolute Gasteiger partial charge is 0.319 e. The van der Waals surface area contributed by atoms with Crippen LogP contribution in [0.1, 0.15) is 31.4 Å². The molecule has 1 aliphatic rings. The fourth-order valence-corrected chi connectivity index (χ4v) is 3.20. The molecule has 19 heavy (non-hydrogen) atoms. The molecular formula is C15H22BrFN2. The SMILES string of the molecule is CNCC1CCN(C(C)c2ccc(Br)cc2F)CC1. The van der Waals surface area contributed by atoms with Gasteiger partial charge in [0.05, 0.1) is 0 Å². The van der Waals surface area contributed by atoms with Gasteiger partial charge in [-0.25, -0.2) is 4.39 Å². The third kappa shape index (κ3) is 3.77. The van der Waals surface area contributed by atoms with E-state index in [1.54, 1.807) is 6.07 Å². The predicted octanol–water partition coefficient (Wildman–Crippen LogP) is 3.58. The molecule has 1 unspecified atom stereocenters. The lowest BCUT2D eigenvalue weighted by Crippen LogP contribution is -2.38. The Morgan fingerprint density at radius 2 is 2.11 bits per heavy atom. The highest BCUT2D eigenvalue weighted by Crippen LogP contribution is 2.29. The minimum atomic E-state index is -0.112. The molecular weight excluding hydrogens is 307 g/mol. The Morgan fingerprint density at radius 1 is 1.42 bits per heavy atom. The fourth-order valence-electron chi connectivity index (χ4n) is 2.87. The lowest BCUT2D eigenvalue weighted by Gasteiger charge is -2.36. The van der Waals surface area contributed by atoms with Crippen LogP contribution in [0.2, 0.25) is 0 Å². The second-order valence-corrected chi connectivity index (χ2v) is 6.29. The number of nitrogens with one attached hydrogen (secondary N) is 1. The maximum Gasteiger partial charge on any atom is 0.129 e. The van der Waals surface area contributed by atoms with E-state index in [1.807, 2.05) is 19.2 Å². The minimum absolute atomic E-state index is 0.112. The third-order valence-corrected chi connectivity index (χ3v) is 4.60. The first-order valence-corrected chi connectivity index (χ1v) is 7.74. The Balaban J connectivity index is 1.99. The number of piperidine rings is 1. The summed E-state index contributed by atoms with van der Waals surface area (Å²) in [6, 6.07) is 5.52. The van der Waals surface area contributed by atoms with Gasteiger partial charge in [0.1, 0.15) is 5.82 Å². The quantitative estimate of drug-likeness (QED) is 0.908. The van der Waals surface area contributed by atoms with Crippen LogP contribution in [0.5, 0.6) is 0 Å². The Bertz CT molecular complexity index is 417. The van der Waals surface area contributed by atoms with Crippen molar-refractivity contribution in [2.45, 2.75) is 25.8 Å². The van der Waals surface area contributed by atoms with Crippen LogP contribution in [0.15, 0.2) is 22.7 Å². The maximum atomic E-state index is 14.0. The summed E-state index contributed by atoms with van der Waals surface area (Å²) < 4.78 is 14.8. The summed E-state index contributed by atoms with van der Waals surface area (Å²) in [4.78, 5) is 2.39. The van der Waals surface area contributed by atoms with Gasteiger partial charge < -0.3 is 5.32 Å². The van der Waals surface area contributed by atoms with Crippen molar-refractivity contribution in [1.29, 1.82) is 0 Å². The van der Waals surface area contributed by atoms with E-state index in [4.69, 9.17) is 0 Å². The molecule has 1 aromatic rings. The van der Waals surface area contributed by atoms with Crippen LogP contribution in [0, 0.1) is 11.7 Å². The van der Waals surface area contributed by atoms with Gasteiger partial charge in [-0.2, -0.15) is 0 Å². The molecule has 0 bridgehead atoms. The van der Waals surface area contributed by atoms with Crippen molar-refractivity contribution in [3.8, 4) is 0 Å². The standard InChI is InChI=1S/C15H22BrFN2/c1-11(14-4-3-13(16)9-15(14)17)19-7-5-12(6-8-19)10-18-2/h3-4,9,11-12,18H,5-8,10H2,1-2H3. The Labute approximate surface area is 123 Å². The van der Waals surface area contributed by atoms with Crippen LogP contribution in [0.25, 0.3) is 0 Å². The van der Waals surface area contributed by atoms with Crippen LogP contribution < -0.4 is 5.32 Å². The smallest absolute Gasteiger partial charge is 0.129 e. The topological polar surface area (TPSA) is 15.3 Å². The Morgan fingerprint density at radius 3 is 2.68 bits per heavy atom. The average molecular weight is 329 g/mol. The van der Waals surface area contributed by atoms with E-state index in [2.05, 4.69) is 33.1 Å². The van der Waals surface area contributed by atoms with Crippen LogP contribution in [0.3, 0.4) is 0 Å². The van der Waals surface area contributed by atoms with Crippen molar-refractivity contribution in [3.63, 3.8) is 0 Å². The van der Waals surface area contributed by atoms with E-state index in [0.29, 0.717) is 0 Å². The molecule has 1 fully saturated rings. The van der Waals surface area contributed by atoms with Gasteiger partial charge in [0.25, 0.3) is 0 Å². The molecule has 0 aliphatic carbocycles. The van der Waals surface area contributed by atoms with Crippen molar-refractivity contribution >= 4 is 15.9 Å². The molecule has 0 radical (unpaired) electrons. The Kier molecular flexibility index (Phi) is 5.37. The summed E-state index contributed by atoms with van der Waals surface area (Å²) in [5, 5.41) is 3.24. The molecule has 1 N–H and O–H groups in total. The predicted molar refractivity (Wildman–Crippen MR) is 80.7 cm³/mol. The molecule has 0 spiro atoms. The number of nitrogens with zero attached hydrogens (tertiary/aromatic N) is 1. The molecule has 2 nitrogen and oxygen atoms in total. The number of hydrogen-bond acceptors (Lipinski definition) is 2. The molecule has 0 aromatic heterocycles. The first-order valence-electron chi connectivity index (χ1n) is 6.95. The Hall–Kier alpha value is -0.450.